The fourth-order valence-corrected chi connectivity index (χ4v) is 4.02. The van der Waals surface area contributed by atoms with E-state index in [-0.39, 0.29) is 10.0 Å². The molecule has 1 aromatic carbocycles. The average Bonchev–Trinajstić information content (AvgIpc) is 2.75. The monoisotopic (exact) mass is 470 g/mol. The fourth-order valence-electron chi connectivity index (χ4n) is 2.97. The Hall–Kier alpha value is -3.30. The molecule has 0 spiro atoms. The number of rotatable bonds is 6. The second-order valence-electron chi connectivity index (χ2n) is 6.79. The topological polar surface area (TPSA) is 75.6 Å². The predicted molar refractivity (Wildman–Crippen MR) is 123 cm³/mol. The Morgan fingerprint density at radius 2 is 1.75 bits per heavy atom. The first-order valence-electron chi connectivity index (χ1n) is 9.47. The van der Waals surface area contributed by atoms with Crippen LogP contribution in [0.3, 0.4) is 0 Å². The van der Waals surface area contributed by atoms with Gasteiger partial charge >= 0.3 is 0 Å². The number of anilines is 3. The summed E-state index contributed by atoms with van der Waals surface area (Å²) in [6.07, 6.45) is 5.01. The lowest BCUT2D eigenvalue weighted by atomic mass is 10.0. The number of aryl methyl sites for hydroxylation is 1. The molecule has 0 unspecified atom stereocenters. The Bertz CT molecular complexity index is 1290. The van der Waals surface area contributed by atoms with Crippen molar-refractivity contribution < 1.29 is 8.78 Å². The smallest absolute Gasteiger partial charge is 0.153 e. The van der Waals surface area contributed by atoms with Gasteiger partial charge in [0, 0.05) is 30.2 Å². The molecular weight excluding hydrogens is 454 g/mol. The lowest BCUT2D eigenvalue weighted by molar-refractivity contribution is 0.566. The van der Waals surface area contributed by atoms with Crippen LogP contribution in [0.5, 0.6) is 0 Å². The Morgan fingerprint density at radius 3 is 2.53 bits per heavy atom. The van der Waals surface area contributed by atoms with Crippen molar-refractivity contribution in [1.29, 1.82) is 0 Å². The number of halogens is 3. The van der Waals surface area contributed by atoms with Gasteiger partial charge in [0.05, 0.1) is 10.6 Å². The lowest BCUT2D eigenvalue weighted by Gasteiger charge is -2.15. The molecule has 2 N–H and O–H groups in total. The third-order valence-corrected chi connectivity index (χ3v) is 5.70. The number of nitrogens with zero attached hydrogens (tertiary/aromatic N) is 4. The first-order valence-corrected chi connectivity index (χ1v) is 10.7. The van der Waals surface area contributed by atoms with E-state index in [1.165, 1.54) is 12.1 Å². The fraction of sp³-hybridized carbons (Fsp3) is 0.0909. The highest BCUT2D eigenvalue weighted by molar-refractivity contribution is 8.00. The zero-order valence-corrected chi connectivity index (χ0v) is 18.6. The van der Waals surface area contributed by atoms with Gasteiger partial charge in [0.1, 0.15) is 29.1 Å². The second kappa shape index (κ2) is 9.46. The highest BCUT2D eigenvalue weighted by atomic mass is 35.5. The molecule has 0 fully saturated rings. The highest BCUT2D eigenvalue weighted by Gasteiger charge is 2.14. The summed E-state index contributed by atoms with van der Waals surface area (Å²) in [5, 5.41) is 3.40. The quantitative estimate of drug-likeness (QED) is 0.251. The Balaban J connectivity index is 1.60. The normalized spacial score (nSPS) is 10.8. The molecule has 0 saturated heterocycles. The SMILES string of the molecule is Cc1nccc(Nc2cc(-c3cnc(Cl)c(NSc4ccc(F)cc4F)c3C)ccn2)n1. The van der Waals surface area contributed by atoms with E-state index < -0.39 is 11.6 Å². The minimum Gasteiger partial charge on any atom is -0.325 e. The van der Waals surface area contributed by atoms with Crippen molar-refractivity contribution in [3.63, 3.8) is 0 Å². The van der Waals surface area contributed by atoms with Gasteiger partial charge in [-0.25, -0.2) is 28.7 Å². The van der Waals surface area contributed by atoms with E-state index in [4.69, 9.17) is 11.6 Å². The average molecular weight is 471 g/mol. The van der Waals surface area contributed by atoms with Crippen molar-refractivity contribution in [2.45, 2.75) is 18.7 Å². The zero-order chi connectivity index (χ0) is 22.7. The largest absolute Gasteiger partial charge is 0.325 e. The minimum absolute atomic E-state index is 0.239. The molecule has 3 aromatic heterocycles. The summed E-state index contributed by atoms with van der Waals surface area (Å²) in [6.45, 7) is 3.69. The first kappa shape index (κ1) is 21.9. The second-order valence-corrected chi connectivity index (χ2v) is 7.99. The van der Waals surface area contributed by atoms with Crippen molar-refractivity contribution in [1.82, 2.24) is 19.9 Å². The Labute approximate surface area is 192 Å². The van der Waals surface area contributed by atoms with E-state index in [2.05, 4.69) is 30.0 Å². The molecule has 6 nitrogen and oxygen atoms in total. The number of aromatic nitrogens is 4. The standard InChI is InChI=1S/C22H17ClF2N6S/c1-12-16(14-5-7-27-20(9-14)30-19-6-8-26-13(2)29-19)11-28-22(23)21(12)31-32-18-4-3-15(24)10-17(18)25/h3-11,31H,1-2H3,(H,26,27,29,30). The molecule has 0 radical (unpaired) electrons. The molecule has 0 aliphatic rings. The summed E-state index contributed by atoms with van der Waals surface area (Å²) in [5.74, 6) is 0.587. The molecule has 0 bridgehead atoms. The maximum Gasteiger partial charge on any atom is 0.153 e. The number of nitrogens with one attached hydrogen (secondary N) is 2. The van der Waals surface area contributed by atoms with Gasteiger partial charge in [-0.2, -0.15) is 0 Å². The lowest BCUT2D eigenvalue weighted by Crippen LogP contribution is -2.00. The van der Waals surface area contributed by atoms with Crippen LogP contribution >= 0.6 is 23.5 Å². The third-order valence-electron chi connectivity index (χ3n) is 4.55. The van der Waals surface area contributed by atoms with Crippen LogP contribution in [0.1, 0.15) is 11.4 Å². The molecule has 4 aromatic rings. The molecular formula is C22H17ClF2N6S. The van der Waals surface area contributed by atoms with Crippen LogP contribution in [0, 0.1) is 25.5 Å². The van der Waals surface area contributed by atoms with Crippen molar-refractivity contribution >= 4 is 40.9 Å². The zero-order valence-electron chi connectivity index (χ0n) is 17.0. The van der Waals surface area contributed by atoms with Gasteiger partial charge in [-0.05, 0) is 67.3 Å². The van der Waals surface area contributed by atoms with E-state index in [0.717, 1.165) is 34.7 Å². The van der Waals surface area contributed by atoms with Gasteiger partial charge < -0.3 is 10.0 Å². The Kier molecular flexibility index (Phi) is 6.48. The molecule has 32 heavy (non-hydrogen) atoms. The Morgan fingerprint density at radius 1 is 0.938 bits per heavy atom. The van der Waals surface area contributed by atoms with Gasteiger partial charge in [0.25, 0.3) is 0 Å². The summed E-state index contributed by atoms with van der Waals surface area (Å²) < 4.78 is 30.2. The maximum absolute atomic E-state index is 14.0. The van der Waals surface area contributed by atoms with Crippen LogP contribution in [0.2, 0.25) is 5.15 Å². The van der Waals surface area contributed by atoms with Gasteiger partial charge in [0.15, 0.2) is 5.15 Å². The summed E-state index contributed by atoms with van der Waals surface area (Å²) >= 11 is 7.29. The van der Waals surface area contributed by atoms with E-state index in [9.17, 15) is 8.78 Å². The van der Waals surface area contributed by atoms with Crippen LogP contribution in [0.15, 0.2) is 59.9 Å². The van der Waals surface area contributed by atoms with Crippen molar-refractivity contribution in [2.24, 2.45) is 0 Å². The summed E-state index contributed by atoms with van der Waals surface area (Å²) in [4.78, 5) is 17.2. The highest BCUT2D eigenvalue weighted by Crippen LogP contribution is 2.36. The third kappa shape index (κ3) is 4.95. The first-order chi connectivity index (χ1) is 15.4. The number of benzene rings is 1. The van der Waals surface area contributed by atoms with E-state index in [0.29, 0.717) is 23.1 Å². The van der Waals surface area contributed by atoms with E-state index in [1.807, 2.05) is 26.0 Å². The van der Waals surface area contributed by atoms with Crippen molar-refractivity contribution in [3.8, 4) is 11.1 Å². The van der Waals surface area contributed by atoms with Gasteiger partial charge in [-0.3, -0.25) is 0 Å². The van der Waals surface area contributed by atoms with Gasteiger partial charge in [0.2, 0.25) is 0 Å². The minimum atomic E-state index is -0.662. The van der Waals surface area contributed by atoms with E-state index in [1.54, 1.807) is 24.7 Å². The maximum atomic E-state index is 14.0. The van der Waals surface area contributed by atoms with Crippen LogP contribution in [0.25, 0.3) is 11.1 Å². The van der Waals surface area contributed by atoms with Crippen LogP contribution in [-0.4, -0.2) is 19.9 Å². The van der Waals surface area contributed by atoms with E-state index >= 15 is 0 Å². The molecule has 0 amide bonds. The number of hydrogen-bond acceptors (Lipinski definition) is 7. The molecule has 3 heterocycles. The molecule has 0 aliphatic carbocycles. The number of hydrogen-bond donors (Lipinski definition) is 2. The molecule has 0 saturated carbocycles. The van der Waals surface area contributed by atoms with Crippen molar-refractivity contribution in [3.05, 3.63) is 83.2 Å². The number of pyridine rings is 2. The van der Waals surface area contributed by atoms with Crippen molar-refractivity contribution in [2.75, 3.05) is 10.0 Å². The molecule has 4 rings (SSSR count). The van der Waals surface area contributed by atoms with Crippen LogP contribution in [0.4, 0.5) is 26.1 Å². The van der Waals surface area contributed by atoms with Gasteiger partial charge in [-0.1, -0.05) is 11.6 Å². The van der Waals surface area contributed by atoms with Crippen LogP contribution in [-0.2, 0) is 0 Å². The summed E-state index contributed by atoms with van der Waals surface area (Å²) in [6, 6.07) is 8.86. The summed E-state index contributed by atoms with van der Waals surface area (Å²) in [7, 11) is 0. The molecule has 0 atom stereocenters. The van der Waals surface area contributed by atoms with Gasteiger partial charge in [-0.15, -0.1) is 0 Å². The summed E-state index contributed by atoms with van der Waals surface area (Å²) in [5.41, 5.74) is 3.03. The molecule has 0 aliphatic heterocycles. The predicted octanol–water partition coefficient (Wildman–Crippen LogP) is 6.34. The van der Waals surface area contributed by atoms with Crippen LogP contribution < -0.4 is 10.0 Å². The molecule has 162 valence electrons. The molecule has 10 heteroatoms.